The summed E-state index contributed by atoms with van der Waals surface area (Å²) in [4.78, 5) is 39.4. The van der Waals surface area contributed by atoms with Crippen LogP contribution >= 0.6 is 11.8 Å². The molecule has 0 aliphatic rings. The van der Waals surface area contributed by atoms with E-state index in [-0.39, 0.29) is 22.6 Å². The van der Waals surface area contributed by atoms with E-state index >= 15 is 0 Å². The second-order valence-corrected chi connectivity index (χ2v) is 9.04. The van der Waals surface area contributed by atoms with Crippen LogP contribution < -0.4 is 10.9 Å². The van der Waals surface area contributed by atoms with E-state index in [1.165, 1.54) is 29.7 Å². The van der Waals surface area contributed by atoms with Gasteiger partial charge < -0.3 is 5.32 Å². The predicted octanol–water partition coefficient (Wildman–Crippen LogP) is 4.50. The molecule has 1 amide bonds. The van der Waals surface area contributed by atoms with Crippen LogP contribution in [0.4, 0.5) is 5.69 Å². The molecule has 7 nitrogen and oxygen atoms in total. The number of amides is 1. The largest absolute Gasteiger partial charge is 0.325 e. The zero-order valence-corrected chi connectivity index (χ0v) is 20.1. The minimum absolute atomic E-state index is 0.125. The Morgan fingerprint density at radius 3 is 2.44 bits per heavy atom. The molecule has 0 fully saturated rings. The number of aromatic nitrogens is 4. The van der Waals surface area contributed by atoms with Gasteiger partial charge in [-0.2, -0.15) is 0 Å². The summed E-state index contributed by atoms with van der Waals surface area (Å²) in [5.41, 5.74) is 3.35. The number of fused-ring (bicyclic) bond motifs is 1. The summed E-state index contributed by atoms with van der Waals surface area (Å²) in [6, 6.07) is 17.8. The second kappa shape index (κ2) is 11.1. The first kappa shape index (κ1) is 23.6. The number of nitrogens with one attached hydrogen (secondary N) is 1. The average Bonchev–Trinajstić information content (AvgIpc) is 2.88. The fourth-order valence-corrected chi connectivity index (χ4v) is 4.63. The van der Waals surface area contributed by atoms with E-state index in [2.05, 4.69) is 27.2 Å². The molecular formula is C26H27N5O2S. The molecule has 8 heteroatoms. The van der Waals surface area contributed by atoms with Crippen molar-refractivity contribution in [3.63, 3.8) is 0 Å². The van der Waals surface area contributed by atoms with E-state index < -0.39 is 5.25 Å². The first-order chi connectivity index (χ1) is 16.6. The number of carbonyl (C=O) groups excluding carboxylic acids is 1. The van der Waals surface area contributed by atoms with Crippen molar-refractivity contribution in [2.75, 3.05) is 5.32 Å². The smallest absolute Gasteiger partial charge is 0.282 e. The molecule has 174 valence electrons. The van der Waals surface area contributed by atoms with Crippen molar-refractivity contribution < 1.29 is 4.79 Å². The number of hydrogen-bond acceptors (Lipinski definition) is 6. The molecule has 0 saturated heterocycles. The second-order valence-electron chi connectivity index (χ2n) is 7.87. The third-order valence-electron chi connectivity index (χ3n) is 5.57. The monoisotopic (exact) mass is 473 g/mol. The fourth-order valence-electron chi connectivity index (χ4n) is 3.60. The van der Waals surface area contributed by atoms with E-state index in [1.807, 2.05) is 61.5 Å². The van der Waals surface area contributed by atoms with Gasteiger partial charge in [0.25, 0.3) is 5.56 Å². The standard InChI is InChI=1S/C26H27N5O2S/c1-3-18-10-12-20(13-11-18)29-24(32)21(4-2)34-26-30-23-22(27-15-16-28-23)25(33)31(26)17-14-19-8-6-5-7-9-19/h5-13,15-16,21H,3-4,14,17H2,1-2H3,(H,29,32). The van der Waals surface area contributed by atoms with Crippen molar-refractivity contribution in [2.24, 2.45) is 0 Å². The molecule has 2 aromatic carbocycles. The van der Waals surface area contributed by atoms with Gasteiger partial charge in [-0.05, 0) is 42.5 Å². The van der Waals surface area contributed by atoms with Gasteiger partial charge in [0.05, 0.1) is 5.25 Å². The Morgan fingerprint density at radius 2 is 1.74 bits per heavy atom. The number of rotatable bonds is 9. The highest BCUT2D eigenvalue weighted by Gasteiger charge is 2.22. The molecule has 1 unspecified atom stereocenters. The van der Waals surface area contributed by atoms with Crippen LogP contribution in [0.3, 0.4) is 0 Å². The van der Waals surface area contributed by atoms with E-state index in [4.69, 9.17) is 0 Å². The maximum Gasteiger partial charge on any atom is 0.282 e. The maximum absolute atomic E-state index is 13.3. The highest BCUT2D eigenvalue weighted by molar-refractivity contribution is 8.00. The third kappa shape index (κ3) is 5.51. The van der Waals surface area contributed by atoms with Crippen LogP contribution in [-0.4, -0.2) is 30.7 Å². The van der Waals surface area contributed by atoms with Crippen molar-refractivity contribution in [3.8, 4) is 0 Å². The molecule has 2 aromatic heterocycles. The maximum atomic E-state index is 13.3. The van der Waals surface area contributed by atoms with Crippen LogP contribution in [0.1, 0.15) is 31.4 Å². The quantitative estimate of drug-likeness (QED) is 0.284. The van der Waals surface area contributed by atoms with E-state index in [0.29, 0.717) is 24.5 Å². The molecule has 0 saturated carbocycles. The number of aryl methyl sites for hydroxylation is 2. The van der Waals surface area contributed by atoms with Crippen molar-refractivity contribution in [1.29, 1.82) is 0 Å². The van der Waals surface area contributed by atoms with Crippen molar-refractivity contribution in [2.45, 2.75) is 50.1 Å². The zero-order valence-electron chi connectivity index (χ0n) is 19.3. The Morgan fingerprint density at radius 1 is 1.00 bits per heavy atom. The minimum Gasteiger partial charge on any atom is -0.325 e. The molecule has 0 bridgehead atoms. The highest BCUT2D eigenvalue weighted by Crippen LogP contribution is 2.26. The van der Waals surface area contributed by atoms with Crippen molar-refractivity contribution in [3.05, 3.63) is 88.5 Å². The number of hydrogen-bond donors (Lipinski definition) is 1. The molecule has 4 aromatic rings. The predicted molar refractivity (Wildman–Crippen MR) is 136 cm³/mol. The molecule has 1 N–H and O–H groups in total. The fraction of sp³-hybridized carbons (Fsp3) is 0.269. The lowest BCUT2D eigenvalue weighted by molar-refractivity contribution is -0.115. The number of carbonyl (C=O) groups is 1. The highest BCUT2D eigenvalue weighted by atomic mass is 32.2. The van der Waals surface area contributed by atoms with Crippen LogP contribution in [0.25, 0.3) is 11.2 Å². The Balaban J connectivity index is 1.61. The number of nitrogens with zero attached hydrogens (tertiary/aromatic N) is 4. The van der Waals surface area contributed by atoms with Crippen LogP contribution in [-0.2, 0) is 24.2 Å². The van der Waals surface area contributed by atoms with Crippen LogP contribution in [0.15, 0.2) is 76.9 Å². The zero-order chi connectivity index (χ0) is 23.9. The van der Waals surface area contributed by atoms with Crippen LogP contribution in [0.2, 0.25) is 0 Å². The molecule has 34 heavy (non-hydrogen) atoms. The molecule has 4 rings (SSSR count). The van der Waals surface area contributed by atoms with Gasteiger partial charge in [-0.25, -0.2) is 15.0 Å². The summed E-state index contributed by atoms with van der Waals surface area (Å²) in [6.45, 7) is 4.47. The molecule has 2 heterocycles. The Hall–Kier alpha value is -3.52. The summed E-state index contributed by atoms with van der Waals surface area (Å²) in [5.74, 6) is -0.125. The third-order valence-corrected chi connectivity index (χ3v) is 6.92. The van der Waals surface area contributed by atoms with Gasteiger partial charge >= 0.3 is 0 Å². The lowest BCUT2D eigenvalue weighted by Gasteiger charge is -2.18. The first-order valence-electron chi connectivity index (χ1n) is 11.4. The number of benzene rings is 2. The molecule has 0 aliphatic carbocycles. The summed E-state index contributed by atoms with van der Waals surface area (Å²) in [7, 11) is 0. The van der Waals surface area contributed by atoms with Gasteiger partial charge in [-0.3, -0.25) is 14.2 Å². The lowest BCUT2D eigenvalue weighted by Crippen LogP contribution is -2.29. The Labute approximate surface area is 202 Å². The number of thioether (sulfide) groups is 1. The Kier molecular flexibility index (Phi) is 7.69. The average molecular weight is 474 g/mol. The summed E-state index contributed by atoms with van der Waals surface area (Å²) in [6.07, 6.45) is 5.19. The minimum atomic E-state index is -0.421. The van der Waals surface area contributed by atoms with Gasteiger partial charge in [0.1, 0.15) is 0 Å². The topological polar surface area (TPSA) is 89.8 Å². The van der Waals surface area contributed by atoms with Gasteiger partial charge in [-0.15, -0.1) is 0 Å². The lowest BCUT2D eigenvalue weighted by atomic mass is 10.1. The number of anilines is 1. The normalized spacial score (nSPS) is 11.9. The summed E-state index contributed by atoms with van der Waals surface area (Å²) < 4.78 is 1.61. The molecular weight excluding hydrogens is 446 g/mol. The molecule has 0 spiro atoms. The van der Waals surface area contributed by atoms with Crippen LogP contribution in [0.5, 0.6) is 0 Å². The van der Waals surface area contributed by atoms with Crippen LogP contribution in [0, 0.1) is 0 Å². The first-order valence-corrected chi connectivity index (χ1v) is 12.3. The van der Waals surface area contributed by atoms with Gasteiger partial charge in [0.2, 0.25) is 5.91 Å². The molecule has 0 radical (unpaired) electrons. The summed E-state index contributed by atoms with van der Waals surface area (Å²) in [5, 5.41) is 3.04. The Bertz CT molecular complexity index is 1320. The van der Waals surface area contributed by atoms with Crippen molar-refractivity contribution >= 4 is 34.5 Å². The van der Waals surface area contributed by atoms with Gasteiger partial charge in [0.15, 0.2) is 16.3 Å². The SMILES string of the molecule is CCc1ccc(NC(=O)C(CC)Sc2nc3nccnc3c(=O)n2CCc2ccccc2)cc1. The van der Waals surface area contributed by atoms with E-state index in [1.54, 1.807) is 4.57 Å². The van der Waals surface area contributed by atoms with E-state index in [9.17, 15) is 9.59 Å². The molecule has 1 atom stereocenters. The van der Waals surface area contributed by atoms with Gasteiger partial charge in [-0.1, -0.05) is 68.1 Å². The van der Waals surface area contributed by atoms with Crippen molar-refractivity contribution in [1.82, 2.24) is 19.5 Å². The summed E-state index contributed by atoms with van der Waals surface area (Å²) >= 11 is 1.29. The van der Waals surface area contributed by atoms with E-state index in [0.717, 1.165) is 17.7 Å². The molecule has 0 aliphatic heterocycles. The van der Waals surface area contributed by atoms with Gasteiger partial charge in [0, 0.05) is 24.6 Å².